The van der Waals surface area contributed by atoms with E-state index in [1.54, 1.807) is 6.20 Å². The van der Waals surface area contributed by atoms with E-state index in [0.29, 0.717) is 6.42 Å². The molecule has 0 aliphatic heterocycles. The Morgan fingerprint density at radius 2 is 1.81 bits per heavy atom. The second-order valence-electron chi connectivity index (χ2n) is 7.05. The molecule has 0 saturated carbocycles. The number of hydrogen-bond donors (Lipinski definition) is 3. The van der Waals surface area contributed by atoms with Gasteiger partial charge in [-0.15, -0.1) is 0 Å². The highest BCUT2D eigenvalue weighted by Crippen LogP contribution is 2.17. The Kier molecular flexibility index (Phi) is 7.49. The van der Waals surface area contributed by atoms with Gasteiger partial charge in [-0.05, 0) is 37.0 Å². The van der Waals surface area contributed by atoms with Crippen LogP contribution < -0.4 is 16.4 Å². The van der Waals surface area contributed by atoms with Crippen molar-refractivity contribution in [2.45, 2.75) is 39.3 Å². The highest BCUT2D eigenvalue weighted by atomic mass is 16.2. The molecule has 144 valence electrons. The summed E-state index contributed by atoms with van der Waals surface area (Å²) in [6.45, 7) is 5.65. The van der Waals surface area contributed by atoms with Gasteiger partial charge in [0.2, 0.25) is 11.8 Å². The van der Waals surface area contributed by atoms with Gasteiger partial charge in [-0.2, -0.15) is 0 Å². The lowest BCUT2D eigenvalue weighted by Crippen LogP contribution is -2.47. The molecule has 1 heterocycles. The zero-order chi connectivity index (χ0) is 19.8. The lowest BCUT2D eigenvalue weighted by molar-refractivity contribution is -0.127. The van der Waals surface area contributed by atoms with Gasteiger partial charge in [0.25, 0.3) is 0 Å². The summed E-state index contributed by atoms with van der Waals surface area (Å²) in [6.07, 6.45) is 2.32. The fourth-order valence-corrected chi connectivity index (χ4v) is 2.60. The molecule has 2 rings (SSSR count). The lowest BCUT2D eigenvalue weighted by Gasteiger charge is -2.20. The van der Waals surface area contributed by atoms with Crippen LogP contribution in [0.5, 0.6) is 0 Å². The average molecular weight is 368 g/mol. The molecule has 0 radical (unpaired) electrons. The third-order valence-electron chi connectivity index (χ3n) is 4.38. The minimum absolute atomic E-state index is 0.0101. The van der Waals surface area contributed by atoms with E-state index in [2.05, 4.69) is 15.6 Å². The Morgan fingerprint density at radius 3 is 2.41 bits per heavy atom. The minimum atomic E-state index is -0.628. The molecule has 1 unspecified atom stereocenters. The van der Waals surface area contributed by atoms with Crippen molar-refractivity contribution in [3.8, 4) is 0 Å². The van der Waals surface area contributed by atoms with Crippen LogP contribution in [-0.4, -0.2) is 29.4 Å². The summed E-state index contributed by atoms with van der Waals surface area (Å²) in [7, 11) is 0. The van der Waals surface area contributed by atoms with E-state index in [4.69, 9.17) is 5.73 Å². The number of pyridine rings is 1. The minimum Gasteiger partial charge on any atom is -0.346 e. The smallest absolute Gasteiger partial charge is 0.239 e. The van der Waals surface area contributed by atoms with Gasteiger partial charge in [-0.3, -0.25) is 14.6 Å². The van der Waals surface area contributed by atoms with Crippen molar-refractivity contribution < 1.29 is 9.59 Å². The molecule has 6 heteroatoms. The van der Waals surface area contributed by atoms with Crippen molar-refractivity contribution in [1.82, 2.24) is 15.6 Å². The summed E-state index contributed by atoms with van der Waals surface area (Å²) in [5.74, 6) is -0.592. The number of nitrogens with zero attached hydrogens (tertiary/aromatic N) is 1. The third-order valence-corrected chi connectivity index (χ3v) is 4.38. The number of aryl methyl sites for hydroxylation is 1. The number of nitrogens with one attached hydrogen (secondary N) is 2. The van der Waals surface area contributed by atoms with Crippen molar-refractivity contribution in [2.75, 3.05) is 6.54 Å². The summed E-state index contributed by atoms with van der Waals surface area (Å²) < 4.78 is 0. The zero-order valence-corrected chi connectivity index (χ0v) is 16.1. The summed E-state index contributed by atoms with van der Waals surface area (Å²) in [6, 6.07) is 12.9. The number of aromatic nitrogens is 1. The van der Waals surface area contributed by atoms with E-state index in [1.807, 2.05) is 63.2 Å². The van der Waals surface area contributed by atoms with Gasteiger partial charge in [-0.1, -0.05) is 49.7 Å². The number of hydrogen-bond acceptors (Lipinski definition) is 4. The van der Waals surface area contributed by atoms with Crippen LogP contribution in [0.1, 0.15) is 36.7 Å². The summed E-state index contributed by atoms with van der Waals surface area (Å²) in [4.78, 5) is 28.7. The molecule has 4 N–H and O–H groups in total. The second-order valence-corrected chi connectivity index (χ2v) is 7.05. The molecule has 6 nitrogen and oxygen atoms in total. The Balaban J connectivity index is 2.02. The Morgan fingerprint density at radius 1 is 1.11 bits per heavy atom. The Hall–Kier alpha value is -2.73. The molecule has 0 fully saturated rings. The van der Waals surface area contributed by atoms with Crippen LogP contribution >= 0.6 is 0 Å². The second kappa shape index (κ2) is 9.83. The van der Waals surface area contributed by atoms with E-state index in [1.165, 1.54) is 5.56 Å². The number of rotatable bonds is 8. The molecule has 1 aromatic heterocycles. The first-order valence-electron chi connectivity index (χ1n) is 9.16. The molecule has 0 saturated heterocycles. The molecule has 0 spiro atoms. The van der Waals surface area contributed by atoms with Crippen molar-refractivity contribution in [2.24, 2.45) is 11.7 Å². The molecule has 2 amide bonds. The van der Waals surface area contributed by atoms with Gasteiger partial charge >= 0.3 is 0 Å². The fourth-order valence-electron chi connectivity index (χ4n) is 2.60. The molecule has 1 aromatic carbocycles. The molecule has 0 bridgehead atoms. The van der Waals surface area contributed by atoms with Crippen LogP contribution in [0.4, 0.5) is 0 Å². The van der Waals surface area contributed by atoms with Crippen molar-refractivity contribution in [3.63, 3.8) is 0 Å². The van der Waals surface area contributed by atoms with Crippen molar-refractivity contribution >= 4 is 11.8 Å². The third kappa shape index (κ3) is 6.49. The van der Waals surface area contributed by atoms with Crippen molar-refractivity contribution in [1.29, 1.82) is 0 Å². The molecular weight excluding hydrogens is 340 g/mol. The first-order valence-corrected chi connectivity index (χ1v) is 9.16. The maximum Gasteiger partial charge on any atom is 0.239 e. The predicted molar refractivity (Wildman–Crippen MR) is 106 cm³/mol. The first kappa shape index (κ1) is 20.6. The van der Waals surface area contributed by atoms with Gasteiger partial charge in [0.15, 0.2) is 0 Å². The average Bonchev–Trinajstić information content (AvgIpc) is 2.67. The quantitative estimate of drug-likeness (QED) is 0.663. The monoisotopic (exact) mass is 368 g/mol. The Labute approximate surface area is 160 Å². The summed E-state index contributed by atoms with van der Waals surface area (Å²) in [5.41, 5.74) is 8.86. The van der Waals surface area contributed by atoms with Gasteiger partial charge in [0.1, 0.15) is 0 Å². The highest BCUT2D eigenvalue weighted by Gasteiger charge is 2.20. The highest BCUT2D eigenvalue weighted by molar-refractivity contribution is 5.87. The van der Waals surface area contributed by atoms with Crippen LogP contribution in [0.2, 0.25) is 0 Å². The van der Waals surface area contributed by atoms with Crippen LogP contribution in [0, 0.1) is 12.8 Å². The van der Waals surface area contributed by atoms with E-state index in [-0.39, 0.29) is 30.3 Å². The maximum absolute atomic E-state index is 12.4. The fraction of sp³-hybridized carbons (Fsp3) is 0.381. The van der Waals surface area contributed by atoms with E-state index >= 15 is 0 Å². The van der Waals surface area contributed by atoms with Gasteiger partial charge < -0.3 is 16.4 Å². The van der Waals surface area contributed by atoms with E-state index in [0.717, 1.165) is 11.3 Å². The number of amides is 2. The predicted octanol–water partition coefficient (Wildman–Crippen LogP) is 1.89. The van der Waals surface area contributed by atoms with Crippen LogP contribution in [-0.2, 0) is 16.0 Å². The topological polar surface area (TPSA) is 97.1 Å². The number of benzene rings is 1. The molecular formula is C21H28N4O2. The van der Waals surface area contributed by atoms with Crippen LogP contribution in [0.15, 0.2) is 48.7 Å². The van der Waals surface area contributed by atoms with Crippen LogP contribution in [0.25, 0.3) is 0 Å². The number of carbonyl (C=O) groups is 2. The lowest BCUT2D eigenvalue weighted by atomic mass is 10.0. The van der Waals surface area contributed by atoms with Crippen LogP contribution in [0.3, 0.4) is 0 Å². The molecule has 0 aliphatic rings. The van der Waals surface area contributed by atoms with E-state index < -0.39 is 6.04 Å². The molecule has 0 aliphatic carbocycles. The van der Waals surface area contributed by atoms with E-state index in [9.17, 15) is 9.59 Å². The first-order chi connectivity index (χ1) is 12.9. The molecule has 27 heavy (non-hydrogen) atoms. The van der Waals surface area contributed by atoms with Gasteiger partial charge in [-0.25, -0.2) is 0 Å². The zero-order valence-electron chi connectivity index (χ0n) is 16.1. The van der Waals surface area contributed by atoms with Gasteiger partial charge in [0, 0.05) is 6.20 Å². The molecule has 2 atom stereocenters. The molecule has 2 aromatic rings. The summed E-state index contributed by atoms with van der Waals surface area (Å²) in [5, 5.41) is 5.56. The van der Waals surface area contributed by atoms with Crippen molar-refractivity contribution in [3.05, 3.63) is 65.5 Å². The van der Waals surface area contributed by atoms with Gasteiger partial charge in [0.05, 0.1) is 24.3 Å². The number of carbonyl (C=O) groups excluding carboxylic acids is 2. The standard InChI is InChI=1S/C21H28N4O2/c1-14(2)20(22)21(27)24-13-19(26)25-18(17-6-4-5-11-23-17)12-16-9-7-15(3)8-10-16/h4-11,14,18,20H,12-13,22H2,1-3H3,(H,24,27)(H,25,26)/t18?,20-/m0/s1. The SMILES string of the molecule is Cc1ccc(CC(NC(=O)CNC(=O)[C@@H](N)C(C)C)c2ccccn2)cc1. The largest absolute Gasteiger partial charge is 0.346 e. The normalized spacial score (nSPS) is 13.1. The summed E-state index contributed by atoms with van der Waals surface area (Å²) >= 11 is 0. The number of nitrogens with two attached hydrogens (primary N) is 1. The maximum atomic E-state index is 12.4. The Bertz CT molecular complexity index is 745.